The van der Waals surface area contributed by atoms with Gasteiger partial charge >= 0.3 is 5.97 Å². The smallest absolute Gasteiger partial charge is 0.331 e. The third kappa shape index (κ3) is 2.96. The highest BCUT2D eigenvalue weighted by Gasteiger charge is 2.57. The summed E-state index contributed by atoms with van der Waals surface area (Å²) in [6, 6.07) is -1.27. The largest absolute Gasteiger partial charge is 0.431 e. The standard InChI is InChI=1S/C18H18F5NO3/c19-10-11(20)13(22)15(14(23)12(10)21)24-9-6-18(27-16(9)25)7-17(8-26-18)4-2-1-3-5-17/h9,24H,1-8H2. The molecule has 2 heterocycles. The van der Waals surface area contributed by atoms with Gasteiger partial charge in [-0.25, -0.2) is 26.7 Å². The number of hydrogen-bond donors (Lipinski definition) is 1. The van der Waals surface area contributed by atoms with Crippen LogP contribution in [-0.2, 0) is 14.3 Å². The quantitative estimate of drug-likeness (QED) is 0.356. The highest BCUT2D eigenvalue weighted by molar-refractivity contribution is 5.82. The summed E-state index contributed by atoms with van der Waals surface area (Å²) in [5.41, 5.74) is -1.33. The van der Waals surface area contributed by atoms with Gasteiger partial charge in [-0.2, -0.15) is 0 Å². The zero-order chi connectivity index (χ0) is 19.4. The Labute approximate surface area is 152 Å². The number of hydrogen-bond acceptors (Lipinski definition) is 4. The maximum atomic E-state index is 13.9. The average molecular weight is 391 g/mol. The van der Waals surface area contributed by atoms with Crippen LogP contribution in [0.3, 0.4) is 0 Å². The molecule has 9 heteroatoms. The van der Waals surface area contributed by atoms with Gasteiger partial charge in [0.25, 0.3) is 0 Å². The van der Waals surface area contributed by atoms with Crippen molar-refractivity contribution in [1.29, 1.82) is 0 Å². The lowest BCUT2D eigenvalue weighted by Crippen LogP contribution is -2.31. The van der Waals surface area contributed by atoms with Gasteiger partial charge in [0.1, 0.15) is 11.7 Å². The van der Waals surface area contributed by atoms with Crippen LogP contribution in [0.25, 0.3) is 0 Å². The van der Waals surface area contributed by atoms with Crippen LogP contribution in [0, 0.1) is 34.5 Å². The lowest BCUT2D eigenvalue weighted by molar-refractivity contribution is -0.192. The predicted molar refractivity (Wildman–Crippen MR) is 83.2 cm³/mol. The van der Waals surface area contributed by atoms with E-state index in [1.165, 1.54) is 0 Å². The molecule has 27 heavy (non-hydrogen) atoms. The van der Waals surface area contributed by atoms with E-state index in [0.29, 0.717) is 13.0 Å². The van der Waals surface area contributed by atoms with Gasteiger partial charge in [0.2, 0.25) is 11.6 Å². The second-order valence-corrected chi connectivity index (χ2v) is 7.70. The number of anilines is 1. The Kier molecular flexibility index (Phi) is 4.32. The molecule has 148 valence electrons. The molecule has 1 saturated carbocycles. The summed E-state index contributed by atoms with van der Waals surface area (Å²) in [4.78, 5) is 12.2. The van der Waals surface area contributed by atoms with Crippen LogP contribution in [-0.4, -0.2) is 24.4 Å². The lowest BCUT2D eigenvalue weighted by atomic mass is 9.72. The predicted octanol–water partition coefficient (Wildman–Crippen LogP) is 4.18. The van der Waals surface area contributed by atoms with Crippen LogP contribution >= 0.6 is 0 Å². The van der Waals surface area contributed by atoms with E-state index in [0.717, 1.165) is 32.1 Å². The van der Waals surface area contributed by atoms with Crippen molar-refractivity contribution in [3.63, 3.8) is 0 Å². The minimum Gasteiger partial charge on any atom is -0.431 e. The second kappa shape index (κ2) is 6.32. The Morgan fingerprint density at radius 3 is 2.11 bits per heavy atom. The van der Waals surface area contributed by atoms with Crippen LogP contribution in [0.2, 0.25) is 0 Å². The summed E-state index contributed by atoms with van der Waals surface area (Å²) in [7, 11) is 0. The van der Waals surface area contributed by atoms with Crippen LogP contribution in [0.1, 0.15) is 44.9 Å². The molecule has 2 aliphatic heterocycles. The molecule has 0 bridgehead atoms. The summed E-state index contributed by atoms with van der Waals surface area (Å²) >= 11 is 0. The van der Waals surface area contributed by atoms with Crippen molar-refractivity contribution < 1.29 is 36.2 Å². The minimum absolute atomic E-state index is 0.0624. The average Bonchev–Trinajstić information content (AvgIpc) is 3.14. The van der Waals surface area contributed by atoms with Gasteiger partial charge in [-0.1, -0.05) is 19.3 Å². The third-order valence-electron chi connectivity index (χ3n) is 5.81. The van der Waals surface area contributed by atoms with E-state index >= 15 is 0 Å². The zero-order valence-electron chi connectivity index (χ0n) is 14.3. The number of halogens is 5. The van der Waals surface area contributed by atoms with E-state index in [1.807, 2.05) is 0 Å². The first-order valence-electron chi connectivity index (χ1n) is 8.91. The molecule has 1 aromatic carbocycles. The summed E-state index contributed by atoms with van der Waals surface area (Å²) in [6.07, 6.45) is 5.55. The highest BCUT2D eigenvalue weighted by atomic mass is 19.2. The molecule has 1 aromatic rings. The zero-order valence-corrected chi connectivity index (χ0v) is 14.3. The third-order valence-corrected chi connectivity index (χ3v) is 5.81. The summed E-state index contributed by atoms with van der Waals surface area (Å²) in [6.45, 7) is 0.426. The molecule has 0 aromatic heterocycles. The monoisotopic (exact) mass is 391 g/mol. The highest BCUT2D eigenvalue weighted by Crippen LogP contribution is 2.52. The molecular weight excluding hydrogens is 373 g/mol. The molecule has 4 nitrogen and oxygen atoms in total. The lowest BCUT2D eigenvalue weighted by Gasteiger charge is -2.32. The number of carbonyl (C=O) groups excluding carboxylic acids is 1. The maximum Gasteiger partial charge on any atom is 0.331 e. The number of carbonyl (C=O) groups is 1. The van der Waals surface area contributed by atoms with Crippen molar-refractivity contribution in [2.24, 2.45) is 5.41 Å². The van der Waals surface area contributed by atoms with Crippen molar-refractivity contribution >= 4 is 11.7 Å². The number of esters is 1. The summed E-state index contributed by atoms with van der Waals surface area (Å²) < 4.78 is 78.8. The van der Waals surface area contributed by atoms with Gasteiger partial charge in [-0.05, 0) is 12.8 Å². The molecule has 4 rings (SSSR count). The Morgan fingerprint density at radius 2 is 1.48 bits per heavy atom. The van der Waals surface area contributed by atoms with Gasteiger partial charge in [-0.15, -0.1) is 0 Å². The van der Waals surface area contributed by atoms with Crippen molar-refractivity contribution in [3.8, 4) is 0 Å². The molecule has 1 N–H and O–H groups in total. The normalized spacial score (nSPS) is 29.5. The second-order valence-electron chi connectivity index (χ2n) is 7.70. The Morgan fingerprint density at radius 1 is 0.889 bits per heavy atom. The van der Waals surface area contributed by atoms with Gasteiger partial charge in [0, 0.05) is 18.3 Å². The Balaban J connectivity index is 1.55. The van der Waals surface area contributed by atoms with Crippen LogP contribution in [0.5, 0.6) is 0 Å². The minimum atomic E-state index is -2.25. The molecule has 2 atom stereocenters. The van der Waals surface area contributed by atoms with Crippen molar-refractivity contribution in [2.75, 3.05) is 11.9 Å². The first-order chi connectivity index (χ1) is 12.8. The first kappa shape index (κ1) is 18.5. The van der Waals surface area contributed by atoms with Crippen LogP contribution in [0.15, 0.2) is 0 Å². The molecule has 2 unspecified atom stereocenters. The maximum absolute atomic E-state index is 13.9. The van der Waals surface area contributed by atoms with Crippen molar-refractivity contribution in [1.82, 2.24) is 0 Å². The van der Waals surface area contributed by atoms with Crippen LogP contribution in [0.4, 0.5) is 27.6 Å². The Hall–Kier alpha value is -1.90. The fourth-order valence-corrected chi connectivity index (χ4v) is 4.48. The molecular formula is C18H18F5NO3. The molecule has 1 aliphatic carbocycles. The van der Waals surface area contributed by atoms with Crippen molar-refractivity contribution in [2.45, 2.75) is 56.8 Å². The van der Waals surface area contributed by atoms with E-state index < -0.39 is 52.6 Å². The Bertz CT molecular complexity index is 767. The first-order valence-corrected chi connectivity index (χ1v) is 8.91. The van der Waals surface area contributed by atoms with Crippen LogP contribution < -0.4 is 5.32 Å². The number of ether oxygens (including phenoxy) is 2. The van der Waals surface area contributed by atoms with E-state index in [-0.39, 0.29) is 11.8 Å². The molecule has 3 fully saturated rings. The SMILES string of the molecule is O=C1OC2(CC1Nc1c(F)c(F)c(F)c(F)c1F)CC1(CCCCC1)CO2. The van der Waals surface area contributed by atoms with Crippen molar-refractivity contribution in [3.05, 3.63) is 29.1 Å². The van der Waals surface area contributed by atoms with E-state index in [4.69, 9.17) is 9.47 Å². The fourth-order valence-electron chi connectivity index (χ4n) is 4.48. The number of nitrogens with one attached hydrogen (secondary N) is 1. The van der Waals surface area contributed by atoms with Gasteiger partial charge in [-0.3, -0.25) is 0 Å². The molecule has 0 amide bonds. The fraction of sp³-hybridized carbons (Fsp3) is 0.611. The molecule has 2 saturated heterocycles. The number of rotatable bonds is 2. The van der Waals surface area contributed by atoms with Gasteiger partial charge < -0.3 is 14.8 Å². The van der Waals surface area contributed by atoms with Gasteiger partial charge in [0.15, 0.2) is 23.3 Å². The van der Waals surface area contributed by atoms with Gasteiger partial charge in [0.05, 0.1) is 6.61 Å². The van der Waals surface area contributed by atoms with E-state index in [9.17, 15) is 26.7 Å². The number of benzene rings is 1. The molecule has 0 radical (unpaired) electrons. The molecule has 3 aliphatic rings. The summed E-state index contributed by atoms with van der Waals surface area (Å²) in [5, 5.41) is 2.13. The van der Waals surface area contributed by atoms with E-state index in [1.54, 1.807) is 0 Å². The topological polar surface area (TPSA) is 47.6 Å². The van der Waals surface area contributed by atoms with E-state index in [2.05, 4.69) is 5.32 Å². The molecule has 2 spiro atoms. The summed E-state index contributed by atoms with van der Waals surface area (Å²) in [5.74, 6) is -12.5.